The van der Waals surface area contributed by atoms with E-state index in [4.69, 9.17) is 11.6 Å². The molecule has 1 aromatic carbocycles. The minimum atomic E-state index is -2.89. The van der Waals surface area contributed by atoms with Crippen LogP contribution in [-0.2, 0) is 9.84 Å². The lowest BCUT2D eigenvalue weighted by atomic mass is 10.0. The predicted molar refractivity (Wildman–Crippen MR) is 84.5 cm³/mol. The average molecular weight is 369 g/mol. The molecule has 1 rings (SSSR count). The Morgan fingerprint density at radius 2 is 2.11 bits per heavy atom. The van der Waals surface area contributed by atoms with Crippen molar-refractivity contribution in [1.29, 1.82) is 0 Å². The lowest BCUT2D eigenvalue weighted by molar-refractivity contribution is 0.535. The van der Waals surface area contributed by atoms with Crippen molar-refractivity contribution >= 4 is 37.4 Å². The maximum Gasteiger partial charge on any atom is 0.150 e. The second-order valence-corrected chi connectivity index (χ2v) is 8.18. The number of sulfone groups is 1. The molecule has 0 aromatic heterocycles. The summed E-state index contributed by atoms with van der Waals surface area (Å²) in [5.41, 5.74) is 0.993. The highest BCUT2D eigenvalue weighted by molar-refractivity contribution is 9.10. The largest absolute Gasteiger partial charge is 0.313 e. The minimum Gasteiger partial charge on any atom is -0.313 e. The van der Waals surface area contributed by atoms with Gasteiger partial charge in [0.05, 0.1) is 5.75 Å². The van der Waals surface area contributed by atoms with Gasteiger partial charge >= 0.3 is 0 Å². The molecule has 108 valence electrons. The van der Waals surface area contributed by atoms with Gasteiger partial charge in [0.15, 0.2) is 0 Å². The third kappa shape index (κ3) is 5.42. The van der Waals surface area contributed by atoms with Gasteiger partial charge in [-0.3, -0.25) is 0 Å². The Balaban J connectivity index is 2.71. The van der Waals surface area contributed by atoms with E-state index in [-0.39, 0.29) is 17.5 Å². The molecule has 3 nitrogen and oxygen atoms in total. The molecule has 19 heavy (non-hydrogen) atoms. The van der Waals surface area contributed by atoms with E-state index in [0.29, 0.717) is 11.4 Å². The molecule has 0 bridgehead atoms. The second kappa shape index (κ2) is 7.62. The first-order chi connectivity index (χ1) is 8.89. The molecule has 0 saturated carbocycles. The lowest BCUT2D eigenvalue weighted by Gasteiger charge is -2.18. The van der Waals surface area contributed by atoms with Gasteiger partial charge in [-0.05, 0) is 43.7 Å². The Morgan fingerprint density at radius 3 is 2.68 bits per heavy atom. The quantitative estimate of drug-likeness (QED) is 0.800. The smallest absolute Gasteiger partial charge is 0.150 e. The summed E-state index contributed by atoms with van der Waals surface area (Å²) in [5, 5.41) is 3.89. The van der Waals surface area contributed by atoms with Crippen LogP contribution in [0.5, 0.6) is 0 Å². The van der Waals surface area contributed by atoms with Crippen molar-refractivity contribution in [2.24, 2.45) is 0 Å². The summed E-state index contributed by atoms with van der Waals surface area (Å²) in [4.78, 5) is 0. The number of hydrogen-bond donors (Lipinski definition) is 1. The van der Waals surface area contributed by atoms with Gasteiger partial charge in [0, 0.05) is 21.3 Å². The van der Waals surface area contributed by atoms with Crippen LogP contribution >= 0.6 is 27.5 Å². The normalized spacial score (nSPS) is 13.5. The summed E-state index contributed by atoms with van der Waals surface area (Å²) >= 11 is 9.61. The zero-order valence-corrected chi connectivity index (χ0v) is 14.3. The van der Waals surface area contributed by atoms with Gasteiger partial charge in [0.25, 0.3) is 0 Å². The van der Waals surface area contributed by atoms with Crippen molar-refractivity contribution in [3.8, 4) is 0 Å². The molecule has 0 saturated heterocycles. The van der Waals surface area contributed by atoms with Crippen molar-refractivity contribution in [1.82, 2.24) is 5.32 Å². The van der Waals surface area contributed by atoms with Gasteiger partial charge in [0.2, 0.25) is 0 Å². The van der Waals surface area contributed by atoms with Gasteiger partial charge in [-0.2, -0.15) is 0 Å². The number of benzene rings is 1. The fourth-order valence-corrected chi connectivity index (χ4v) is 3.41. The molecule has 0 heterocycles. The molecule has 6 heteroatoms. The molecule has 0 spiro atoms. The van der Waals surface area contributed by atoms with Crippen molar-refractivity contribution in [3.05, 3.63) is 33.3 Å². The SMILES string of the molecule is CCS(=O)(=O)CCCC(NC)c1cc(Br)ccc1Cl. The highest BCUT2D eigenvalue weighted by Gasteiger charge is 2.15. The van der Waals surface area contributed by atoms with Crippen LogP contribution in [0.1, 0.15) is 31.4 Å². The molecule has 0 aliphatic heterocycles. The molecule has 0 fully saturated rings. The van der Waals surface area contributed by atoms with E-state index < -0.39 is 9.84 Å². The molecule has 1 atom stereocenters. The summed E-state index contributed by atoms with van der Waals surface area (Å²) in [6, 6.07) is 5.77. The van der Waals surface area contributed by atoms with Gasteiger partial charge in [-0.15, -0.1) is 0 Å². The van der Waals surface area contributed by atoms with Crippen LogP contribution in [0.2, 0.25) is 5.02 Å². The van der Waals surface area contributed by atoms with E-state index in [0.717, 1.165) is 16.5 Å². The molecule has 1 N–H and O–H groups in total. The van der Waals surface area contributed by atoms with E-state index in [9.17, 15) is 8.42 Å². The Labute approximate surface area is 128 Å². The lowest BCUT2D eigenvalue weighted by Crippen LogP contribution is -2.18. The third-order valence-electron chi connectivity index (χ3n) is 3.07. The standard InChI is InChI=1S/C13H19BrClNO2S/c1-3-19(17,18)8-4-5-13(16-2)11-9-10(14)6-7-12(11)15/h6-7,9,13,16H,3-5,8H2,1-2H3. The Bertz CT molecular complexity index is 519. The Morgan fingerprint density at radius 1 is 1.42 bits per heavy atom. The number of hydrogen-bond acceptors (Lipinski definition) is 3. The minimum absolute atomic E-state index is 0.0667. The first-order valence-electron chi connectivity index (χ1n) is 6.22. The molecule has 1 unspecified atom stereocenters. The predicted octanol–water partition coefficient (Wildman–Crippen LogP) is 3.58. The van der Waals surface area contributed by atoms with E-state index in [1.807, 2.05) is 25.2 Å². The molecule has 0 aliphatic carbocycles. The van der Waals surface area contributed by atoms with Gasteiger partial charge in [0.1, 0.15) is 9.84 Å². The van der Waals surface area contributed by atoms with Crippen molar-refractivity contribution in [2.75, 3.05) is 18.6 Å². The molecule has 0 radical (unpaired) electrons. The van der Waals surface area contributed by atoms with E-state index >= 15 is 0 Å². The topological polar surface area (TPSA) is 46.2 Å². The van der Waals surface area contributed by atoms with Crippen LogP contribution in [0, 0.1) is 0 Å². The van der Waals surface area contributed by atoms with Crippen LogP contribution in [0.15, 0.2) is 22.7 Å². The summed E-state index contributed by atoms with van der Waals surface area (Å²) in [6.07, 6.45) is 1.37. The van der Waals surface area contributed by atoms with E-state index in [1.165, 1.54) is 0 Å². The summed E-state index contributed by atoms with van der Waals surface area (Å²) < 4.78 is 23.9. The summed E-state index contributed by atoms with van der Waals surface area (Å²) in [6.45, 7) is 1.68. The molecule has 1 aromatic rings. The molecule has 0 aliphatic rings. The zero-order valence-electron chi connectivity index (χ0n) is 11.1. The fourth-order valence-electron chi connectivity index (χ4n) is 1.89. The monoisotopic (exact) mass is 367 g/mol. The summed E-state index contributed by atoms with van der Waals surface area (Å²) in [7, 11) is -1.04. The molecular formula is C13H19BrClNO2S. The number of nitrogens with one attached hydrogen (secondary N) is 1. The Kier molecular flexibility index (Phi) is 6.80. The number of halogens is 2. The average Bonchev–Trinajstić information content (AvgIpc) is 2.38. The summed E-state index contributed by atoms with van der Waals surface area (Å²) in [5.74, 6) is 0.433. The maximum absolute atomic E-state index is 11.5. The van der Waals surface area contributed by atoms with E-state index in [2.05, 4.69) is 21.2 Å². The third-order valence-corrected chi connectivity index (χ3v) is 5.70. The highest BCUT2D eigenvalue weighted by atomic mass is 79.9. The van der Waals surface area contributed by atoms with Crippen LogP contribution in [-0.4, -0.2) is 27.0 Å². The van der Waals surface area contributed by atoms with E-state index in [1.54, 1.807) is 6.92 Å². The van der Waals surface area contributed by atoms with Crippen LogP contribution in [0.3, 0.4) is 0 Å². The van der Waals surface area contributed by atoms with Gasteiger partial charge in [-0.25, -0.2) is 8.42 Å². The number of rotatable bonds is 7. The highest BCUT2D eigenvalue weighted by Crippen LogP contribution is 2.29. The zero-order chi connectivity index (χ0) is 14.5. The molecule has 0 amide bonds. The van der Waals surface area contributed by atoms with Crippen LogP contribution in [0.25, 0.3) is 0 Å². The maximum atomic E-state index is 11.5. The first-order valence-corrected chi connectivity index (χ1v) is 9.21. The fraction of sp³-hybridized carbons (Fsp3) is 0.538. The van der Waals surface area contributed by atoms with Gasteiger partial charge < -0.3 is 5.32 Å². The second-order valence-electron chi connectivity index (χ2n) is 4.39. The van der Waals surface area contributed by atoms with Gasteiger partial charge in [-0.1, -0.05) is 34.5 Å². The van der Waals surface area contributed by atoms with Crippen molar-refractivity contribution in [3.63, 3.8) is 0 Å². The van der Waals surface area contributed by atoms with Crippen LogP contribution < -0.4 is 5.32 Å². The van der Waals surface area contributed by atoms with Crippen LogP contribution in [0.4, 0.5) is 0 Å². The first kappa shape index (κ1) is 17.0. The molecular weight excluding hydrogens is 350 g/mol. The Hall–Kier alpha value is -0.100. The van der Waals surface area contributed by atoms with Crippen molar-refractivity contribution in [2.45, 2.75) is 25.8 Å². The van der Waals surface area contributed by atoms with Crippen molar-refractivity contribution < 1.29 is 8.42 Å².